The number of hydrogen-bond acceptors (Lipinski definition) is 3. The lowest BCUT2D eigenvalue weighted by Gasteiger charge is -2.14. The lowest BCUT2D eigenvalue weighted by molar-refractivity contribution is 0.567. The second kappa shape index (κ2) is 6.47. The van der Waals surface area contributed by atoms with E-state index in [2.05, 4.69) is 25.6 Å². The first-order valence-corrected chi connectivity index (χ1v) is 8.70. The number of halogens is 1. The summed E-state index contributed by atoms with van der Waals surface area (Å²) >= 11 is 3.33. The highest BCUT2D eigenvalue weighted by Crippen LogP contribution is 2.17. The number of benzene rings is 1. The first-order valence-electron chi connectivity index (χ1n) is 6.10. The Balaban J connectivity index is 2.18. The topological polar surface area (TPSA) is 59.1 Å². The average Bonchev–Trinajstić information content (AvgIpc) is 2.48. The van der Waals surface area contributed by atoms with Gasteiger partial charge in [-0.25, -0.2) is 13.1 Å². The molecule has 20 heavy (non-hydrogen) atoms. The minimum Gasteiger partial charge on any atom is -0.265 e. The summed E-state index contributed by atoms with van der Waals surface area (Å²) in [7, 11) is -3.52. The third-order valence-corrected chi connectivity index (χ3v) is 5.13. The predicted molar refractivity (Wildman–Crippen MR) is 82.0 cm³/mol. The van der Waals surface area contributed by atoms with Crippen LogP contribution in [-0.4, -0.2) is 13.4 Å². The van der Waals surface area contributed by atoms with E-state index in [-0.39, 0.29) is 10.9 Å². The molecule has 0 aliphatic rings. The molecule has 1 atom stereocenters. The van der Waals surface area contributed by atoms with E-state index in [4.69, 9.17) is 0 Å². The van der Waals surface area contributed by atoms with Gasteiger partial charge in [0.2, 0.25) is 10.0 Å². The quantitative estimate of drug-likeness (QED) is 0.839. The Morgan fingerprint density at radius 2 is 1.75 bits per heavy atom. The number of hydrogen-bond donors (Lipinski definition) is 1. The summed E-state index contributed by atoms with van der Waals surface area (Å²) in [5.41, 5.74) is 1.91. The Morgan fingerprint density at radius 1 is 1.15 bits per heavy atom. The first-order chi connectivity index (χ1) is 9.53. The smallest absolute Gasteiger partial charge is 0.241 e. The fourth-order valence-electron chi connectivity index (χ4n) is 1.78. The molecule has 0 aliphatic heterocycles. The van der Waals surface area contributed by atoms with E-state index in [1.54, 1.807) is 55.7 Å². The third kappa shape index (κ3) is 3.65. The van der Waals surface area contributed by atoms with Crippen molar-refractivity contribution < 1.29 is 8.42 Å². The molecule has 6 heteroatoms. The lowest BCUT2D eigenvalue weighted by Crippen LogP contribution is -2.26. The van der Waals surface area contributed by atoms with Crippen LogP contribution in [0.4, 0.5) is 0 Å². The van der Waals surface area contributed by atoms with E-state index in [1.165, 1.54) is 0 Å². The minimum absolute atomic E-state index is 0.267. The average molecular weight is 355 g/mol. The lowest BCUT2D eigenvalue weighted by atomic mass is 10.1. The molecule has 0 saturated carbocycles. The maximum absolute atomic E-state index is 12.3. The van der Waals surface area contributed by atoms with Gasteiger partial charge < -0.3 is 0 Å². The Hall–Kier alpha value is -1.24. The summed E-state index contributed by atoms with van der Waals surface area (Å²) in [6, 6.07) is 10.1. The number of nitrogens with one attached hydrogen (secondary N) is 1. The van der Waals surface area contributed by atoms with Crippen molar-refractivity contribution in [3.05, 3.63) is 59.9 Å². The monoisotopic (exact) mass is 354 g/mol. The Kier molecular flexibility index (Phi) is 4.91. The number of pyridine rings is 1. The molecule has 1 aromatic carbocycles. The fourth-order valence-corrected chi connectivity index (χ4v) is 3.38. The second-order valence-electron chi connectivity index (χ2n) is 4.40. The molecule has 1 N–H and O–H groups in total. The molecular formula is C14H15BrN2O2S. The minimum atomic E-state index is -3.52. The summed E-state index contributed by atoms with van der Waals surface area (Å²) in [6.07, 6.45) is 3.29. The van der Waals surface area contributed by atoms with Gasteiger partial charge in [0, 0.05) is 23.8 Å². The van der Waals surface area contributed by atoms with Crippen molar-refractivity contribution in [2.24, 2.45) is 0 Å². The van der Waals surface area contributed by atoms with Crippen molar-refractivity contribution in [1.82, 2.24) is 9.71 Å². The standard InChI is InChI=1S/C14H15BrN2O2S/c1-11(13-6-8-16-9-7-13)17-20(18,19)14-4-2-12(10-15)3-5-14/h2-9,11,17H,10H2,1H3. The van der Waals surface area contributed by atoms with E-state index >= 15 is 0 Å². The highest BCUT2D eigenvalue weighted by molar-refractivity contribution is 9.08. The Bertz CT molecular complexity index is 657. The maximum atomic E-state index is 12.3. The van der Waals surface area contributed by atoms with Gasteiger partial charge in [0.25, 0.3) is 0 Å². The molecule has 106 valence electrons. The van der Waals surface area contributed by atoms with Gasteiger partial charge in [0.1, 0.15) is 0 Å². The summed E-state index contributed by atoms with van der Waals surface area (Å²) in [4.78, 5) is 4.19. The second-order valence-corrected chi connectivity index (χ2v) is 6.68. The zero-order chi connectivity index (χ0) is 14.6. The summed E-state index contributed by atoms with van der Waals surface area (Å²) < 4.78 is 27.2. The Labute approximate surface area is 127 Å². The molecule has 0 amide bonds. The van der Waals surface area contributed by atoms with Gasteiger partial charge in [-0.3, -0.25) is 4.98 Å². The molecule has 0 radical (unpaired) electrons. The molecule has 2 aromatic rings. The molecule has 1 unspecified atom stereocenters. The van der Waals surface area contributed by atoms with Gasteiger partial charge in [-0.1, -0.05) is 28.1 Å². The van der Waals surface area contributed by atoms with Crippen LogP contribution in [0.25, 0.3) is 0 Å². The zero-order valence-corrected chi connectivity index (χ0v) is 13.4. The van der Waals surface area contributed by atoms with Crippen LogP contribution in [-0.2, 0) is 15.4 Å². The van der Waals surface area contributed by atoms with Crippen molar-refractivity contribution in [3.63, 3.8) is 0 Å². The molecular weight excluding hydrogens is 340 g/mol. The molecule has 0 spiro atoms. The van der Waals surface area contributed by atoms with Gasteiger partial charge >= 0.3 is 0 Å². The van der Waals surface area contributed by atoms with Crippen LogP contribution in [0.2, 0.25) is 0 Å². The Morgan fingerprint density at radius 3 is 2.30 bits per heavy atom. The number of alkyl halides is 1. The molecule has 0 bridgehead atoms. The molecule has 0 saturated heterocycles. The van der Waals surface area contributed by atoms with E-state index < -0.39 is 10.0 Å². The molecule has 2 rings (SSSR count). The van der Waals surface area contributed by atoms with Crippen molar-refractivity contribution in [2.75, 3.05) is 0 Å². The SMILES string of the molecule is CC(NS(=O)(=O)c1ccc(CBr)cc1)c1ccncc1. The van der Waals surface area contributed by atoms with Gasteiger partial charge in [-0.15, -0.1) is 0 Å². The highest BCUT2D eigenvalue weighted by atomic mass is 79.9. The normalized spacial score (nSPS) is 13.1. The molecule has 0 aliphatic carbocycles. The largest absolute Gasteiger partial charge is 0.265 e. The zero-order valence-electron chi connectivity index (χ0n) is 11.0. The molecule has 0 fully saturated rings. The third-order valence-electron chi connectivity index (χ3n) is 2.93. The number of nitrogens with zero attached hydrogens (tertiary/aromatic N) is 1. The van der Waals surface area contributed by atoms with Crippen LogP contribution in [0.1, 0.15) is 24.1 Å². The van der Waals surface area contributed by atoms with E-state index in [0.717, 1.165) is 11.1 Å². The highest BCUT2D eigenvalue weighted by Gasteiger charge is 2.18. The first kappa shape index (κ1) is 15.2. The molecule has 1 heterocycles. The molecule has 1 aromatic heterocycles. The van der Waals surface area contributed by atoms with Crippen LogP contribution < -0.4 is 4.72 Å². The summed E-state index contributed by atoms with van der Waals surface area (Å²) in [5.74, 6) is 0. The molecule has 4 nitrogen and oxygen atoms in total. The van der Waals surface area contributed by atoms with E-state index in [1.807, 2.05) is 0 Å². The van der Waals surface area contributed by atoms with E-state index in [0.29, 0.717) is 5.33 Å². The van der Waals surface area contributed by atoms with Crippen molar-refractivity contribution >= 4 is 26.0 Å². The van der Waals surface area contributed by atoms with Crippen molar-refractivity contribution in [1.29, 1.82) is 0 Å². The van der Waals surface area contributed by atoms with Gasteiger partial charge in [0.05, 0.1) is 4.90 Å². The van der Waals surface area contributed by atoms with Crippen LogP contribution in [0.3, 0.4) is 0 Å². The number of rotatable bonds is 5. The van der Waals surface area contributed by atoms with Crippen LogP contribution >= 0.6 is 15.9 Å². The predicted octanol–water partition coefficient (Wildman–Crippen LogP) is 3.02. The van der Waals surface area contributed by atoms with Gasteiger partial charge in [-0.05, 0) is 42.3 Å². The van der Waals surface area contributed by atoms with Crippen LogP contribution in [0.15, 0.2) is 53.7 Å². The maximum Gasteiger partial charge on any atom is 0.241 e. The van der Waals surface area contributed by atoms with E-state index in [9.17, 15) is 8.42 Å². The van der Waals surface area contributed by atoms with Gasteiger partial charge in [0.15, 0.2) is 0 Å². The van der Waals surface area contributed by atoms with Crippen LogP contribution in [0, 0.1) is 0 Å². The number of aromatic nitrogens is 1. The summed E-state index contributed by atoms with van der Waals surface area (Å²) in [6.45, 7) is 1.81. The fraction of sp³-hybridized carbons (Fsp3) is 0.214. The van der Waals surface area contributed by atoms with Gasteiger partial charge in [-0.2, -0.15) is 0 Å². The van der Waals surface area contributed by atoms with Crippen molar-refractivity contribution in [3.8, 4) is 0 Å². The summed E-state index contributed by atoms with van der Waals surface area (Å²) in [5, 5.41) is 0.703. The van der Waals surface area contributed by atoms with Crippen molar-refractivity contribution in [2.45, 2.75) is 23.2 Å². The van der Waals surface area contributed by atoms with Crippen LogP contribution in [0.5, 0.6) is 0 Å². The number of sulfonamides is 1.